The van der Waals surface area contributed by atoms with Crippen LogP contribution in [0.25, 0.3) is 0 Å². The molecule has 0 aliphatic carbocycles. The van der Waals surface area contributed by atoms with Crippen LogP contribution in [0, 0.1) is 11.6 Å². The Kier molecular flexibility index (Phi) is 4.15. The normalized spacial score (nSPS) is 10.4. The molecule has 0 radical (unpaired) electrons. The highest BCUT2D eigenvalue weighted by molar-refractivity contribution is 6.17. The van der Waals surface area contributed by atoms with Crippen molar-refractivity contribution in [2.24, 2.45) is 0 Å². The van der Waals surface area contributed by atoms with Crippen LogP contribution in [0.5, 0.6) is 5.75 Å². The van der Waals surface area contributed by atoms with Crippen LogP contribution in [0.2, 0.25) is 0 Å². The highest BCUT2D eigenvalue weighted by Crippen LogP contribution is 2.21. The maximum atomic E-state index is 13.0. The first-order valence-electron chi connectivity index (χ1n) is 5.41. The number of alkyl halides is 1. The average molecular weight is 269 g/mol. The summed E-state index contributed by atoms with van der Waals surface area (Å²) in [6.07, 6.45) is 0. The fourth-order valence-corrected chi connectivity index (χ4v) is 1.77. The monoisotopic (exact) mass is 268 g/mol. The third kappa shape index (κ3) is 2.99. The maximum absolute atomic E-state index is 13.0. The molecular weight excluding hydrogens is 258 g/mol. The van der Waals surface area contributed by atoms with Crippen LogP contribution >= 0.6 is 11.6 Å². The van der Waals surface area contributed by atoms with Crippen molar-refractivity contribution >= 4 is 11.6 Å². The minimum absolute atomic E-state index is 0.172. The van der Waals surface area contributed by atoms with Crippen LogP contribution < -0.4 is 4.74 Å². The molecule has 0 N–H and O–H groups in total. The van der Waals surface area contributed by atoms with Crippen molar-refractivity contribution in [2.75, 3.05) is 0 Å². The summed E-state index contributed by atoms with van der Waals surface area (Å²) in [6.45, 7) is 0.172. The molecule has 0 spiro atoms. The van der Waals surface area contributed by atoms with Crippen LogP contribution in [0.3, 0.4) is 0 Å². The fraction of sp³-hybridized carbons (Fsp3) is 0.143. The molecule has 0 aliphatic rings. The van der Waals surface area contributed by atoms with Gasteiger partial charge in [0.25, 0.3) is 0 Å². The third-order valence-electron chi connectivity index (χ3n) is 2.49. The van der Waals surface area contributed by atoms with Gasteiger partial charge in [-0.25, -0.2) is 8.78 Å². The average Bonchev–Trinajstić information content (AvgIpc) is 2.40. The van der Waals surface area contributed by atoms with E-state index < -0.39 is 11.6 Å². The van der Waals surface area contributed by atoms with Gasteiger partial charge in [-0.15, -0.1) is 11.6 Å². The second-order valence-electron chi connectivity index (χ2n) is 3.78. The maximum Gasteiger partial charge on any atom is 0.159 e. The van der Waals surface area contributed by atoms with E-state index in [0.29, 0.717) is 17.2 Å². The van der Waals surface area contributed by atoms with Gasteiger partial charge in [0.2, 0.25) is 0 Å². The Labute approximate surface area is 109 Å². The molecule has 0 heterocycles. The first-order chi connectivity index (χ1) is 8.70. The van der Waals surface area contributed by atoms with Crippen molar-refractivity contribution in [1.29, 1.82) is 0 Å². The van der Waals surface area contributed by atoms with Crippen molar-refractivity contribution in [1.82, 2.24) is 0 Å². The first kappa shape index (κ1) is 12.8. The first-order valence-corrected chi connectivity index (χ1v) is 5.95. The Bertz CT molecular complexity index is 543. The fourth-order valence-electron chi connectivity index (χ4n) is 1.55. The molecule has 0 fully saturated rings. The molecule has 0 saturated carbocycles. The smallest absolute Gasteiger partial charge is 0.159 e. The summed E-state index contributed by atoms with van der Waals surface area (Å²) >= 11 is 5.77. The molecule has 1 nitrogen and oxygen atoms in total. The van der Waals surface area contributed by atoms with Gasteiger partial charge in [-0.05, 0) is 23.8 Å². The molecule has 2 aromatic rings. The van der Waals surface area contributed by atoms with Crippen LogP contribution in [-0.4, -0.2) is 0 Å². The molecule has 0 saturated heterocycles. The van der Waals surface area contributed by atoms with Crippen LogP contribution in [0.1, 0.15) is 11.1 Å². The predicted octanol–water partition coefficient (Wildman–Crippen LogP) is 4.28. The molecule has 2 aromatic carbocycles. The van der Waals surface area contributed by atoms with E-state index in [1.54, 1.807) is 6.07 Å². The largest absolute Gasteiger partial charge is 0.489 e. The van der Waals surface area contributed by atoms with Crippen LogP contribution in [0.4, 0.5) is 8.78 Å². The van der Waals surface area contributed by atoms with E-state index in [9.17, 15) is 8.78 Å². The molecule has 0 amide bonds. The Hall–Kier alpha value is -1.61. The highest BCUT2D eigenvalue weighted by atomic mass is 35.5. The lowest BCUT2D eigenvalue weighted by Gasteiger charge is -2.09. The SMILES string of the molecule is Fc1ccc(COc2ccccc2CCl)cc1F. The molecule has 94 valence electrons. The van der Waals surface area contributed by atoms with Gasteiger partial charge in [-0.3, -0.25) is 0 Å². The predicted molar refractivity (Wildman–Crippen MR) is 66.7 cm³/mol. The van der Waals surface area contributed by atoms with Crippen molar-refractivity contribution in [3.05, 3.63) is 65.2 Å². The Morgan fingerprint density at radius 2 is 1.78 bits per heavy atom. The molecule has 0 aliphatic heterocycles. The van der Waals surface area contributed by atoms with Gasteiger partial charge in [0.1, 0.15) is 12.4 Å². The Morgan fingerprint density at radius 3 is 2.50 bits per heavy atom. The van der Waals surface area contributed by atoms with Gasteiger partial charge in [0, 0.05) is 5.56 Å². The van der Waals surface area contributed by atoms with E-state index in [-0.39, 0.29) is 6.61 Å². The van der Waals surface area contributed by atoms with Gasteiger partial charge in [0.15, 0.2) is 11.6 Å². The van der Waals surface area contributed by atoms with E-state index in [4.69, 9.17) is 16.3 Å². The van der Waals surface area contributed by atoms with E-state index >= 15 is 0 Å². The number of hydrogen-bond donors (Lipinski definition) is 0. The number of hydrogen-bond acceptors (Lipinski definition) is 1. The summed E-state index contributed by atoms with van der Waals surface area (Å²) in [5, 5.41) is 0. The lowest BCUT2D eigenvalue weighted by Crippen LogP contribution is -1.99. The summed E-state index contributed by atoms with van der Waals surface area (Å²) in [4.78, 5) is 0. The van der Waals surface area contributed by atoms with E-state index in [1.165, 1.54) is 6.07 Å². The van der Waals surface area contributed by atoms with Crippen molar-refractivity contribution in [3.63, 3.8) is 0 Å². The number of halogens is 3. The van der Waals surface area contributed by atoms with Gasteiger partial charge < -0.3 is 4.74 Å². The zero-order valence-corrected chi connectivity index (χ0v) is 10.3. The molecule has 0 aromatic heterocycles. The third-order valence-corrected chi connectivity index (χ3v) is 2.78. The second-order valence-corrected chi connectivity index (χ2v) is 4.05. The molecule has 0 atom stereocenters. The molecule has 0 bridgehead atoms. The minimum Gasteiger partial charge on any atom is -0.489 e. The van der Waals surface area contributed by atoms with Crippen LogP contribution in [-0.2, 0) is 12.5 Å². The molecule has 18 heavy (non-hydrogen) atoms. The van der Waals surface area contributed by atoms with E-state index in [2.05, 4.69) is 0 Å². The second kappa shape index (κ2) is 5.83. The minimum atomic E-state index is -0.873. The van der Waals surface area contributed by atoms with Gasteiger partial charge in [0.05, 0.1) is 5.88 Å². The van der Waals surface area contributed by atoms with E-state index in [1.807, 2.05) is 18.2 Å². The molecule has 4 heteroatoms. The van der Waals surface area contributed by atoms with Crippen molar-refractivity contribution in [3.8, 4) is 5.75 Å². The number of benzene rings is 2. The number of ether oxygens (including phenoxy) is 1. The summed E-state index contributed by atoms with van der Waals surface area (Å²) < 4.78 is 31.3. The molecular formula is C14H11ClF2O. The number of rotatable bonds is 4. The van der Waals surface area contributed by atoms with E-state index in [0.717, 1.165) is 17.7 Å². The van der Waals surface area contributed by atoms with Crippen molar-refractivity contribution < 1.29 is 13.5 Å². The summed E-state index contributed by atoms with van der Waals surface area (Å²) in [5.74, 6) is -0.743. The summed E-state index contributed by atoms with van der Waals surface area (Å²) in [7, 11) is 0. The van der Waals surface area contributed by atoms with Gasteiger partial charge in [-0.1, -0.05) is 24.3 Å². The summed E-state index contributed by atoms with van der Waals surface area (Å²) in [5.41, 5.74) is 1.43. The molecule has 0 unspecified atom stereocenters. The lowest BCUT2D eigenvalue weighted by molar-refractivity contribution is 0.302. The van der Waals surface area contributed by atoms with Crippen LogP contribution in [0.15, 0.2) is 42.5 Å². The quantitative estimate of drug-likeness (QED) is 0.752. The standard InChI is InChI=1S/C14H11ClF2O/c15-8-11-3-1-2-4-14(11)18-9-10-5-6-12(16)13(17)7-10/h1-7H,8-9H2. The Morgan fingerprint density at radius 1 is 1.00 bits per heavy atom. The Balaban J connectivity index is 2.09. The van der Waals surface area contributed by atoms with Gasteiger partial charge >= 0.3 is 0 Å². The lowest BCUT2D eigenvalue weighted by atomic mass is 10.2. The van der Waals surface area contributed by atoms with Gasteiger partial charge in [-0.2, -0.15) is 0 Å². The molecule has 2 rings (SSSR count). The van der Waals surface area contributed by atoms with Crippen molar-refractivity contribution in [2.45, 2.75) is 12.5 Å². The zero-order chi connectivity index (χ0) is 13.0. The number of para-hydroxylation sites is 1. The summed E-state index contributed by atoms with van der Waals surface area (Å²) in [6, 6.07) is 11.0. The zero-order valence-electron chi connectivity index (χ0n) is 9.50. The highest BCUT2D eigenvalue weighted by Gasteiger charge is 2.05. The topological polar surface area (TPSA) is 9.23 Å².